The maximum Gasteiger partial charge on any atom is 0.240 e. The van der Waals surface area contributed by atoms with Crippen LogP contribution in [-0.4, -0.2) is 31.7 Å². The molecule has 33 heavy (non-hydrogen) atoms. The molecule has 1 heterocycles. The number of hydrogen-bond donors (Lipinski definition) is 2. The minimum atomic E-state index is -3.72. The first-order valence-electron chi connectivity index (χ1n) is 11.3. The van der Waals surface area contributed by atoms with Gasteiger partial charge in [0.25, 0.3) is 0 Å². The molecule has 0 aromatic heterocycles. The van der Waals surface area contributed by atoms with Crippen molar-refractivity contribution >= 4 is 44.0 Å². The Labute approximate surface area is 209 Å². The van der Waals surface area contributed by atoms with Gasteiger partial charge < -0.3 is 10.0 Å². The highest BCUT2D eigenvalue weighted by molar-refractivity contribution is 14.1. The Morgan fingerprint density at radius 2 is 1.42 bits per heavy atom. The standard InChI is InChI=1S/C26H27IN2O3S/c27-20-14-16-21(17-15-20)33(31,32)28-22-8-5-11-25(26(22)30)29-23-9-3-1-6-18(23)12-13-19-7-2-4-10-24(19)29/h1-4,6-7,9-10,14-17,22,25-26,28,30H,5,8,11-13H2/t22-,25+,26+/m1/s1. The van der Waals surface area contributed by atoms with Crippen LogP contribution in [-0.2, 0) is 22.9 Å². The fraction of sp³-hybridized carbons (Fsp3) is 0.308. The topological polar surface area (TPSA) is 69.6 Å². The summed E-state index contributed by atoms with van der Waals surface area (Å²) < 4.78 is 29.9. The molecule has 5 rings (SSSR count). The molecule has 172 valence electrons. The van der Waals surface area contributed by atoms with Crippen LogP contribution in [0, 0.1) is 3.57 Å². The van der Waals surface area contributed by atoms with E-state index >= 15 is 0 Å². The highest BCUT2D eigenvalue weighted by atomic mass is 127. The third-order valence-corrected chi connectivity index (χ3v) is 8.97. The van der Waals surface area contributed by atoms with E-state index in [4.69, 9.17) is 0 Å². The second-order valence-corrected chi connectivity index (χ2v) is 11.8. The number of anilines is 2. The largest absolute Gasteiger partial charge is 0.389 e. The lowest BCUT2D eigenvalue weighted by molar-refractivity contribution is 0.0812. The smallest absolute Gasteiger partial charge is 0.240 e. The number of hydrogen-bond acceptors (Lipinski definition) is 4. The fourth-order valence-corrected chi connectivity index (χ4v) is 6.76. The highest BCUT2D eigenvalue weighted by Crippen LogP contribution is 2.41. The average molecular weight is 574 g/mol. The molecule has 0 bridgehead atoms. The predicted molar refractivity (Wildman–Crippen MR) is 139 cm³/mol. The van der Waals surface area contributed by atoms with E-state index in [0.717, 1.165) is 40.6 Å². The number of aryl methyl sites for hydroxylation is 2. The van der Waals surface area contributed by atoms with Crippen LogP contribution in [0.15, 0.2) is 77.7 Å². The number of fused-ring (bicyclic) bond motifs is 2. The maximum absolute atomic E-state index is 13.1. The first kappa shape index (κ1) is 22.8. The Bertz CT molecular complexity index is 1200. The van der Waals surface area contributed by atoms with Gasteiger partial charge >= 0.3 is 0 Å². The Morgan fingerprint density at radius 3 is 2.03 bits per heavy atom. The zero-order valence-electron chi connectivity index (χ0n) is 18.2. The van der Waals surface area contributed by atoms with Crippen LogP contribution in [0.4, 0.5) is 11.4 Å². The number of aliphatic hydroxyl groups is 1. The quantitative estimate of drug-likeness (QED) is 0.440. The van der Waals surface area contributed by atoms with Gasteiger partial charge in [0.1, 0.15) is 0 Å². The summed E-state index contributed by atoms with van der Waals surface area (Å²) in [6.45, 7) is 0. The number of sulfonamides is 1. The molecule has 1 aliphatic heterocycles. The molecule has 5 nitrogen and oxygen atoms in total. The molecule has 0 amide bonds. The lowest BCUT2D eigenvalue weighted by Crippen LogP contribution is -2.55. The van der Waals surface area contributed by atoms with E-state index in [2.05, 4.69) is 68.6 Å². The van der Waals surface area contributed by atoms with E-state index in [0.29, 0.717) is 6.42 Å². The Morgan fingerprint density at radius 1 is 0.848 bits per heavy atom. The first-order valence-corrected chi connectivity index (χ1v) is 13.9. The van der Waals surface area contributed by atoms with E-state index in [1.165, 1.54) is 11.1 Å². The van der Waals surface area contributed by atoms with E-state index < -0.39 is 22.2 Å². The summed E-state index contributed by atoms with van der Waals surface area (Å²) in [4.78, 5) is 2.48. The van der Waals surface area contributed by atoms with Gasteiger partial charge in [-0.15, -0.1) is 0 Å². The molecule has 2 aliphatic rings. The van der Waals surface area contributed by atoms with Crippen molar-refractivity contribution in [2.75, 3.05) is 4.90 Å². The number of nitrogens with one attached hydrogen (secondary N) is 1. The summed E-state index contributed by atoms with van der Waals surface area (Å²) in [5, 5.41) is 11.5. The molecule has 1 aliphatic carbocycles. The van der Waals surface area contributed by atoms with E-state index in [-0.39, 0.29) is 10.9 Å². The molecule has 0 saturated heterocycles. The Hall–Kier alpha value is -1.94. The van der Waals surface area contributed by atoms with Gasteiger partial charge in [0.15, 0.2) is 0 Å². The normalized spacial score (nSPS) is 22.8. The van der Waals surface area contributed by atoms with Crippen molar-refractivity contribution in [1.29, 1.82) is 0 Å². The van der Waals surface area contributed by atoms with E-state index in [9.17, 15) is 13.5 Å². The molecule has 0 radical (unpaired) electrons. The Balaban J connectivity index is 1.48. The van der Waals surface area contributed by atoms with Gasteiger partial charge in [-0.25, -0.2) is 13.1 Å². The van der Waals surface area contributed by atoms with Gasteiger partial charge in [-0.2, -0.15) is 0 Å². The SMILES string of the molecule is O=S(=O)(N[C@@H]1CCC[C@H](N2c3ccccc3CCc3ccccc32)[C@H]1O)c1ccc(I)cc1. The molecular formula is C26H27IN2O3S. The minimum absolute atomic E-state index is 0.219. The minimum Gasteiger partial charge on any atom is -0.389 e. The molecular weight excluding hydrogens is 547 g/mol. The average Bonchev–Trinajstić information content (AvgIpc) is 2.98. The second kappa shape index (κ2) is 9.37. The van der Waals surface area contributed by atoms with Crippen molar-refractivity contribution in [3.05, 3.63) is 87.5 Å². The van der Waals surface area contributed by atoms with Crippen LogP contribution < -0.4 is 9.62 Å². The molecule has 0 spiro atoms. The molecule has 3 aromatic carbocycles. The van der Waals surface area contributed by atoms with Gasteiger partial charge in [-0.3, -0.25) is 0 Å². The van der Waals surface area contributed by atoms with Crippen molar-refractivity contribution in [1.82, 2.24) is 4.72 Å². The summed E-state index contributed by atoms with van der Waals surface area (Å²) in [5.74, 6) is 0. The van der Waals surface area contributed by atoms with Crippen LogP contribution in [0.5, 0.6) is 0 Å². The van der Waals surface area contributed by atoms with Gasteiger partial charge in [0.2, 0.25) is 10.0 Å². The summed E-state index contributed by atoms with van der Waals surface area (Å²) in [7, 11) is -3.72. The molecule has 7 heteroatoms. The Kier molecular flexibility index (Phi) is 6.48. The van der Waals surface area contributed by atoms with Gasteiger partial charge in [0.05, 0.1) is 23.1 Å². The number of benzene rings is 3. The lowest BCUT2D eigenvalue weighted by Gasteiger charge is -2.43. The van der Waals surface area contributed by atoms with Crippen molar-refractivity contribution in [2.24, 2.45) is 0 Å². The maximum atomic E-state index is 13.1. The number of aliphatic hydroxyl groups excluding tert-OH is 1. The molecule has 0 unspecified atom stereocenters. The molecule has 3 atom stereocenters. The van der Waals surface area contributed by atoms with Crippen molar-refractivity contribution in [3.63, 3.8) is 0 Å². The van der Waals surface area contributed by atoms with Crippen LogP contribution in [0.2, 0.25) is 0 Å². The molecule has 1 saturated carbocycles. The van der Waals surface area contributed by atoms with E-state index in [1.54, 1.807) is 24.3 Å². The predicted octanol–water partition coefficient (Wildman–Crippen LogP) is 4.79. The zero-order chi connectivity index (χ0) is 23.0. The molecule has 3 aromatic rings. The number of para-hydroxylation sites is 2. The number of nitrogens with zero attached hydrogens (tertiary/aromatic N) is 1. The first-order chi connectivity index (χ1) is 15.9. The fourth-order valence-electron chi connectivity index (χ4n) is 5.12. The third-order valence-electron chi connectivity index (χ3n) is 6.75. The third kappa shape index (κ3) is 4.56. The zero-order valence-corrected chi connectivity index (χ0v) is 21.2. The lowest BCUT2D eigenvalue weighted by atomic mass is 9.86. The van der Waals surface area contributed by atoms with Crippen molar-refractivity contribution in [2.45, 2.75) is 55.2 Å². The van der Waals surface area contributed by atoms with Crippen LogP contribution in [0.25, 0.3) is 0 Å². The molecule has 2 N–H and O–H groups in total. The number of rotatable bonds is 4. The van der Waals surface area contributed by atoms with Crippen LogP contribution >= 0.6 is 22.6 Å². The van der Waals surface area contributed by atoms with Crippen LogP contribution in [0.1, 0.15) is 30.4 Å². The van der Waals surface area contributed by atoms with Crippen LogP contribution in [0.3, 0.4) is 0 Å². The van der Waals surface area contributed by atoms with Crippen molar-refractivity contribution in [3.8, 4) is 0 Å². The second-order valence-electron chi connectivity index (χ2n) is 8.80. The van der Waals surface area contributed by atoms with Gasteiger partial charge in [-0.05, 0) is 102 Å². The summed E-state index contributed by atoms with van der Waals surface area (Å²) in [6, 6.07) is 22.7. The molecule has 1 fully saturated rings. The van der Waals surface area contributed by atoms with E-state index in [1.807, 2.05) is 12.1 Å². The van der Waals surface area contributed by atoms with Gasteiger partial charge in [0, 0.05) is 14.9 Å². The summed E-state index contributed by atoms with van der Waals surface area (Å²) in [6.07, 6.45) is 3.29. The van der Waals surface area contributed by atoms with Gasteiger partial charge in [-0.1, -0.05) is 36.4 Å². The summed E-state index contributed by atoms with van der Waals surface area (Å²) in [5.41, 5.74) is 4.71. The highest BCUT2D eigenvalue weighted by Gasteiger charge is 2.39. The summed E-state index contributed by atoms with van der Waals surface area (Å²) >= 11 is 2.15. The van der Waals surface area contributed by atoms with Crippen molar-refractivity contribution < 1.29 is 13.5 Å². The monoisotopic (exact) mass is 574 g/mol. The number of halogens is 1.